The van der Waals surface area contributed by atoms with Gasteiger partial charge in [0, 0.05) is 29.4 Å². The molecule has 2 amide bonds. The second-order valence-corrected chi connectivity index (χ2v) is 9.05. The maximum absolute atomic E-state index is 13.1. The smallest absolute Gasteiger partial charge is 0.272 e. The van der Waals surface area contributed by atoms with E-state index >= 15 is 0 Å². The first-order chi connectivity index (χ1) is 17.2. The molecular formula is C28H29N3O5. The SMILES string of the molecule is Cc1cc(OC(C)c2ccccc2)ccc1NC(=O)C1CCCN1C(=O)c1ccc([N+](=O)[O-])c(C)c1. The number of amides is 2. The van der Waals surface area contributed by atoms with E-state index in [0.29, 0.717) is 42.0 Å². The summed E-state index contributed by atoms with van der Waals surface area (Å²) in [7, 11) is 0. The van der Waals surface area contributed by atoms with Crippen molar-refractivity contribution in [3.05, 3.63) is 99.1 Å². The molecule has 0 radical (unpaired) electrons. The van der Waals surface area contributed by atoms with Crippen LogP contribution in [0.15, 0.2) is 66.7 Å². The van der Waals surface area contributed by atoms with Crippen LogP contribution in [0.1, 0.15) is 52.9 Å². The minimum atomic E-state index is -0.610. The second kappa shape index (κ2) is 10.6. The number of aryl methyl sites for hydroxylation is 2. The third-order valence-corrected chi connectivity index (χ3v) is 6.49. The molecule has 186 valence electrons. The summed E-state index contributed by atoms with van der Waals surface area (Å²) in [5, 5.41) is 14.0. The summed E-state index contributed by atoms with van der Waals surface area (Å²) in [6, 6.07) is 19.1. The van der Waals surface area contributed by atoms with Crippen LogP contribution in [0.25, 0.3) is 0 Å². The second-order valence-electron chi connectivity index (χ2n) is 9.05. The highest BCUT2D eigenvalue weighted by Gasteiger charge is 2.35. The Morgan fingerprint density at radius 1 is 1.06 bits per heavy atom. The van der Waals surface area contributed by atoms with Crippen molar-refractivity contribution >= 4 is 23.2 Å². The topological polar surface area (TPSA) is 102 Å². The maximum atomic E-state index is 13.1. The number of nitro benzene ring substituents is 1. The Morgan fingerprint density at radius 3 is 2.47 bits per heavy atom. The number of nitro groups is 1. The third kappa shape index (κ3) is 5.38. The number of carbonyl (C=O) groups is 2. The van der Waals surface area contributed by atoms with Crippen LogP contribution in [0, 0.1) is 24.0 Å². The number of hydrogen-bond donors (Lipinski definition) is 1. The largest absolute Gasteiger partial charge is 0.486 e. The molecule has 0 aliphatic carbocycles. The van der Waals surface area contributed by atoms with Crippen LogP contribution in [0.5, 0.6) is 5.75 Å². The molecule has 0 aromatic heterocycles. The number of likely N-dealkylation sites (tertiary alicyclic amines) is 1. The monoisotopic (exact) mass is 487 g/mol. The van der Waals surface area contributed by atoms with Gasteiger partial charge >= 0.3 is 0 Å². The van der Waals surface area contributed by atoms with Gasteiger partial charge in [-0.1, -0.05) is 30.3 Å². The molecule has 0 bridgehead atoms. The quantitative estimate of drug-likeness (QED) is 0.345. The number of nitrogens with zero attached hydrogens (tertiary/aromatic N) is 2. The number of nitrogens with one attached hydrogen (secondary N) is 1. The first-order valence-electron chi connectivity index (χ1n) is 11.9. The van der Waals surface area contributed by atoms with E-state index in [0.717, 1.165) is 11.1 Å². The molecule has 0 saturated carbocycles. The lowest BCUT2D eigenvalue weighted by molar-refractivity contribution is -0.385. The average Bonchev–Trinajstić information content (AvgIpc) is 3.35. The summed E-state index contributed by atoms with van der Waals surface area (Å²) in [6.45, 7) is 5.93. The number of rotatable bonds is 7. The Kier molecular flexibility index (Phi) is 7.33. The van der Waals surface area contributed by atoms with E-state index in [9.17, 15) is 19.7 Å². The lowest BCUT2D eigenvalue weighted by Gasteiger charge is -2.24. The molecule has 1 saturated heterocycles. The minimum Gasteiger partial charge on any atom is -0.486 e. The van der Waals surface area contributed by atoms with Gasteiger partial charge in [-0.15, -0.1) is 0 Å². The van der Waals surface area contributed by atoms with E-state index in [1.54, 1.807) is 17.9 Å². The maximum Gasteiger partial charge on any atom is 0.272 e. The minimum absolute atomic E-state index is 0.0386. The van der Waals surface area contributed by atoms with Crippen LogP contribution < -0.4 is 10.1 Å². The molecule has 1 N–H and O–H groups in total. The third-order valence-electron chi connectivity index (χ3n) is 6.49. The van der Waals surface area contributed by atoms with Crippen molar-refractivity contribution in [2.75, 3.05) is 11.9 Å². The van der Waals surface area contributed by atoms with Gasteiger partial charge in [-0.25, -0.2) is 0 Å². The van der Waals surface area contributed by atoms with Crippen LogP contribution in [0.2, 0.25) is 0 Å². The number of anilines is 1. The summed E-state index contributed by atoms with van der Waals surface area (Å²) in [5.41, 5.74) is 3.28. The fourth-order valence-corrected chi connectivity index (χ4v) is 4.50. The molecule has 1 aliphatic rings. The van der Waals surface area contributed by atoms with Crippen molar-refractivity contribution in [1.82, 2.24) is 4.90 Å². The van der Waals surface area contributed by atoms with Crippen LogP contribution in [0.3, 0.4) is 0 Å². The molecule has 3 aromatic rings. The van der Waals surface area contributed by atoms with Gasteiger partial charge in [0.1, 0.15) is 17.9 Å². The zero-order valence-corrected chi connectivity index (χ0v) is 20.6. The summed E-state index contributed by atoms with van der Waals surface area (Å²) in [4.78, 5) is 38.4. The molecule has 8 nitrogen and oxygen atoms in total. The van der Waals surface area contributed by atoms with E-state index in [-0.39, 0.29) is 23.6 Å². The van der Waals surface area contributed by atoms with Gasteiger partial charge in [0.2, 0.25) is 5.91 Å². The predicted molar refractivity (Wildman–Crippen MR) is 137 cm³/mol. The van der Waals surface area contributed by atoms with Crippen LogP contribution in [0.4, 0.5) is 11.4 Å². The van der Waals surface area contributed by atoms with Gasteiger partial charge in [0.15, 0.2) is 0 Å². The van der Waals surface area contributed by atoms with Gasteiger partial charge in [-0.05, 0) is 75.1 Å². The van der Waals surface area contributed by atoms with Crippen molar-refractivity contribution in [2.24, 2.45) is 0 Å². The average molecular weight is 488 g/mol. The summed E-state index contributed by atoms with van der Waals surface area (Å²) < 4.78 is 6.06. The van der Waals surface area contributed by atoms with E-state index in [2.05, 4.69) is 5.32 Å². The Bertz CT molecular complexity index is 1290. The van der Waals surface area contributed by atoms with Crippen LogP contribution >= 0.6 is 0 Å². The highest BCUT2D eigenvalue weighted by atomic mass is 16.6. The van der Waals surface area contributed by atoms with E-state index in [1.807, 2.05) is 56.3 Å². The van der Waals surface area contributed by atoms with E-state index in [1.165, 1.54) is 18.2 Å². The van der Waals surface area contributed by atoms with Gasteiger partial charge in [0.25, 0.3) is 11.6 Å². The molecule has 1 heterocycles. The Morgan fingerprint density at radius 2 is 1.81 bits per heavy atom. The molecule has 2 unspecified atom stereocenters. The van der Waals surface area contributed by atoms with Crippen LogP contribution in [-0.4, -0.2) is 34.2 Å². The van der Waals surface area contributed by atoms with Gasteiger partial charge in [-0.2, -0.15) is 0 Å². The molecule has 8 heteroatoms. The first kappa shape index (κ1) is 24.9. The highest BCUT2D eigenvalue weighted by molar-refractivity contribution is 6.02. The fraction of sp³-hybridized carbons (Fsp3) is 0.286. The highest BCUT2D eigenvalue weighted by Crippen LogP contribution is 2.28. The number of ether oxygens (including phenoxy) is 1. The molecule has 3 aromatic carbocycles. The summed E-state index contributed by atoms with van der Waals surface area (Å²) in [5.74, 6) is 0.142. The normalized spacial score (nSPS) is 15.9. The lowest BCUT2D eigenvalue weighted by atomic mass is 10.1. The van der Waals surface area contributed by atoms with Gasteiger partial charge in [-0.3, -0.25) is 19.7 Å². The zero-order valence-electron chi connectivity index (χ0n) is 20.6. The molecule has 4 rings (SSSR count). The predicted octanol–water partition coefficient (Wildman–Crippen LogP) is 5.59. The Labute approximate surface area is 210 Å². The summed E-state index contributed by atoms with van der Waals surface area (Å²) >= 11 is 0. The van der Waals surface area contributed by atoms with Gasteiger partial charge in [0.05, 0.1) is 4.92 Å². The molecule has 0 spiro atoms. The zero-order chi connectivity index (χ0) is 25.8. The standard InChI is InChI=1S/C28H29N3O5/c1-18-17-23(36-20(3)21-8-5-4-6-9-21)12-13-24(18)29-27(32)26-10-7-15-30(26)28(33)22-11-14-25(31(34)35)19(2)16-22/h4-6,8-9,11-14,16-17,20,26H,7,10,15H2,1-3H3,(H,29,32). The van der Waals surface area contributed by atoms with Crippen LogP contribution in [-0.2, 0) is 4.79 Å². The first-order valence-corrected chi connectivity index (χ1v) is 11.9. The molecule has 1 fully saturated rings. The van der Waals surface area contributed by atoms with Crippen molar-refractivity contribution < 1.29 is 19.2 Å². The Balaban J connectivity index is 1.43. The van der Waals surface area contributed by atoms with Crippen molar-refractivity contribution in [3.63, 3.8) is 0 Å². The van der Waals surface area contributed by atoms with E-state index < -0.39 is 11.0 Å². The molecular weight excluding hydrogens is 458 g/mol. The lowest BCUT2D eigenvalue weighted by Crippen LogP contribution is -2.43. The van der Waals surface area contributed by atoms with Crippen molar-refractivity contribution in [2.45, 2.75) is 45.8 Å². The van der Waals surface area contributed by atoms with Gasteiger partial charge < -0.3 is 15.0 Å². The fourth-order valence-electron chi connectivity index (χ4n) is 4.50. The number of carbonyl (C=O) groups excluding carboxylic acids is 2. The Hall–Kier alpha value is -4.20. The number of benzene rings is 3. The molecule has 1 aliphatic heterocycles. The van der Waals surface area contributed by atoms with Crippen molar-refractivity contribution in [3.8, 4) is 5.75 Å². The molecule has 36 heavy (non-hydrogen) atoms. The number of hydrogen-bond acceptors (Lipinski definition) is 5. The summed E-state index contributed by atoms with van der Waals surface area (Å²) in [6.07, 6.45) is 1.14. The van der Waals surface area contributed by atoms with E-state index in [4.69, 9.17) is 4.74 Å². The molecule has 2 atom stereocenters. The van der Waals surface area contributed by atoms with Crippen molar-refractivity contribution in [1.29, 1.82) is 0 Å².